The molecule has 5 atom stereocenters. The number of piperazine rings is 1. The van der Waals surface area contributed by atoms with Crippen LogP contribution in [0.2, 0.25) is 0 Å². The Hall–Kier alpha value is -2.89. The Bertz CT molecular complexity index is 1210. The first kappa shape index (κ1) is 23.2. The van der Waals surface area contributed by atoms with Crippen LogP contribution in [0.25, 0.3) is 11.3 Å². The van der Waals surface area contributed by atoms with E-state index in [-0.39, 0.29) is 12.6 Å². The van der Waals surface area contributed by atoms with E-state index >= 15 is 0 Å². The Morgan fingerprint density at radius 1 is 1.14 bits per heavy atom. The Morgan fingerprint density at radius 3 is 2.59 bits per heavy atom. The summed E-state index contributed by atoms with van der Waals surface area (Å²) in [5.41, 5.74) is 2.38. The third-order valence-electron chi connectivity index (χ3n) is 9.43. The van der Waals surface area contributed by atoms with E-state index in [0.717, 1.165) is 54.7 Å². The Kier molecular flexibility index (Phi) is 5.38. The van der Waals surface area contributed by atoms with Crippen LogP contribution in [0, 0.1) is 17.8 Å². The number of carbonyl (C=O) groups is 2. The molecule has 0 spiro atoms. The molecule has 6 aliphatic rings. The van der Waals surface area contributed by atoms with Crippen LogP contribution in [0.3, 0.4) is 0 Å². The highest BCUT2D eigenvalue weighted by Crippen LogP contribution is 2.60. The Morgan fingerprint density at radius 2 is 1.89 bits per heavy atom. The topological polar surface area (TPSA) is 139 Å². The molecular weight excluding hydrogens is 474 g/mol. The van der Waals surface area contributed by atoms with Crippen LogP contribution in [-0.2, 0) is 16.1 Å². The quantitative estimate of drug-likeness (QED) is 0.388. The summed E-state index contributed by atoms with van der Waals surface area (Å²) < 4.78 is 2.12. The van der Waals surface area contributed by atoms with Crippen molar-refractivity contribution in [2.75, 3.05) is 50.0 Å². The Balaban J connectivity index is 1.18. The zero-order valence-corrected chi connectivity index (χ0v) is 20.9. The van der Waals surface area contributed by atoms with Crippen LogP contribution in [0.1, 0.15) is 43.7 Å². The second-order valence-electron chi connectivity index (χ2n) is 11.7. The van der Waals surface area contributed by atoms with Gasteiger partial charge in [0.15, 0.2) is 5.82 Å². The maximum absolute atomic E-state index is 13.1. The summed E-state index contributed by atoms with van der Waals surface area (Å²) in [7, 11) is 0. The number of aliphatic hydroxyl groups excluding tert-OH is 1. The molecule has 1 saturated heterocycles. The van der Waals surface area contributed by atoms with Crippen molar-refractivity contribution in [2.45, 2.75) is 50.3 Å². The van der Waals surface area contributed by atoms with Crippen molar-refractivity contribution >= 4 is 23.5 Å². The van der Waals surface area contributed by atoms with Crippen LogP contribution in [0.5, 0.6) is 0 Å². The van der Waals surface area contributed by atoms with Crippen LogP contribution < -0.4 is 10.6 Å². The van der Waals surface area contributed by atoms with Gasteiger partial charge in [-0.2, -0.15) is 5.10 Å². The fourth-order valence-electron chi connectivity index (χ4n) is 8.10. The minimum atomic E-state index is -0.665. The van der Waals surface area contributed by atoms with Crippen molar-refractivity contribution in [1.82, 2.24) is 24.6 Å². The number of carbonyl (C=O) groups excluding carboxylic acids is 2. The molecule has 0 radical (unpaired) electrons. The molecule has 11 heteroatoms. The lowest BCUT2D eigenvalue weighted by Crippen LogP contribution is -2.55. The average Bonchev–Trinajstić information content (AvgIpc) is 3.48. The predicted octanol–water partition coefficient (Wildman–Crippen LogP) is 0.991. The summed E-state index contributed by atoms with van der Waals surface area (Å²) in [6.45, 7) is 3.37. The number of nitrogens with zero attached hydrogens (tertiary/aromatic N) is 4. The van der Waals surface area contributed by atoms with Gasteiger partial charge in [0, 0.05) is 56.6 Å². The molecule has 4 saturated carbocycles. The summed E-state index contributed by atoms with van der Waals surface area (Å²) in [5, 5.41) is 31.5. The molecule has 11 nitrogen and oxygen atoms in total. The molecule has 2 aromatic rings. The first-order valence-electron chi connectivity index (χ1n) is 13.6. The summed E-state index contributed by atoms with van der Waals surface area (Å²) in [4.78, 5) is 33.0. The summed E-state index contributed by atoms with van der Waals surface area (Å²) in [6.07, 6.45) is 6.66. The number of rotatable bonds is 4. The Labute approximate surface area is 215 Å². The highest BCUT2D eigenvalue weighted by Gasteiger charge is 2.56. The molecule has 0 aromatic carbocycles. The number of aromatic amines is 1. The van der Waals surface area contributed by atoms with Gasteiger partial charge in [-0.3, -0.25) is 19.2 Å². The van der Waals surface area contributed by atoms with Crippen molar-refractivity contribution in [3.63, 3.8) is 0 Å². The highest BCUT2D eigenvalue weighted by atomic mass is 16.3. The third kappa shape index (κ3) is 3.78. The van der Waals surface area contributed by atoms with Gasteiger partial charge in [0.25, 0.3) is 0 Å². The number of fused-ring (bicyclic) bond motifs is 3. The van der Waals surface area contributed by atoms with Gasteiger partial charge in [0.1, 0.15) is 5.82 Å². The van der Waals surface area contributed by atoms with Gasteiger partial charge >= 0.3 is 11.8 Å². The van der Waals surface area contributed by atoms with E-state index in [9.17, 15) is 14.7 Å². The molecule has 4 heterocycles. The normalized spacial score (nSPS) is 32.1. The maximum Gasteiger partial charge on any atom is 0.315 e. The molecule has 8 rings (SSSR count). The van der Waals surface area contributed by atoms with E-state index in [1.165, 1.54) is 0 Å². The lowest BCUT2D eigenvalue weighted by Gasteiger charge is -2.58. The summed E-state index contributed by atoms with van der Waals surface area (Å²) in [5.74, 6) is 1.47. The summed E-state index contributed by atoms with van der Waals surface area (Å²) >= 11 is 0. The molecule has 5 N–H and O–H groups in total. The van der Waals surface area contributed by atoms with Crippen LogP contribution in [0.4, 0.5) is 11.6 Å². The number of H-pyrrole nitrogens is 1. The van der Waals surface area contributed by atoms with Gasteiger partial charge in [0.2, 0.25) is 0 Å². The van der Waals surface area contributed by atoms with Crippen LogP contribution in [0.15, 0.2) is 12.3 Å². The minimum absolute atomic E-state index is 0.0851. The summed E-state index contributed by atoms with van der Waals surface area (Å²) in [6, 6.07) is 2.21. The molecular formula is C26H35N7O4. The maximum atomic E-state index is 13.1. The number of aromatic nitrogens is 3. The van der Waals surface area contributed by atoms with Gasteiger partial charge in [-0.05, 0) is 55.9 Å². The standard InChI is InChI=1S/C26H35N7O4/c34-8-7-31-3-5-32(6-4-31)25(36)24(35)29-23-19-14-28-22-18(1-2-27-22)21(19)33(30-23)20-16-9-15-10-17(20)13-26(37,11-15)12-16/h1-2,15-17,20,27-28,34,37H,3-14H2,(H,29,30,35)/t15?,16-,17+,20?,26?. The lowest BCUT2D eigenvalue weighted by atomic mass is 9.52. The highest BCUT2D eigenvalue weighted by molar-refractivity contribution is 6.39. The molecule has 37 heavy (non-hydrogen) atoms. The SMILES string of the molecule is O=C(Nc1nn(C2[C@@H]3CC4C[C@H]2CC(O)(C4)C3)c2c1CNc1[nH]ccc1-2)C(=O)N1CCN(CCO)CC1. The van der Waals surface area contributed by atoms with Crippen LogP contribution in [-0.4, -0.2) is 91.5 Å². The van der Waals surface area contributed by atoms with E-state index < -0.39 is 17.4 Å². The van der Waals surface area contributed by atoms with E-state index in [2.05, 4.69) is 25.2 Å². The molecule has 2 aromatic heterocycles. The van der Waals surface area contributed by atoms with E-state index in [0.29, 0.717) is 62.8 Å². The van der Waals surface area contributed by atoms with Crippen molar-refractivity contribution in [3.8, 4) is 11.3 Å². The molecule has 4 bridgehead atoms. The second kappa shape index (κ2) is 8.57. The molecule has 2 aliphatic heterocycles. The smallest absolute Gasteiger partial charge is 0.315 e. The van der Waals surface area contributed by atoms with Crippen molar-refractivity contribution in [3.05, 3.63) is 17.8 Å². The number of nitrogens with one attached hydrogen (secondary N) is 3. The fraction of sp³-hybridized carbons (Fsp3) is 0.654. The van der Waals surface area contributed by atoms with E-state index in [1.54, 1.807) is 4.90 Å². The molecule has 3 unspecified atom stereocenters. The zero-order chi connectivity index (χ0) is 25.3. The van der Waals surface area contributed by atoms with Gasteiger partial charge in [0.05, 0.1) is 23.9 Å². The van der Waals surface area contributed by atoms with E-state index in [1.807, 2.05) is 12.3 Å². The number of aliphatic hydroxyl groups is 2. The third-order valence-corrected chi connectivity index (χ3v) is 9.43. The molecule has 5 fully saturated rings. The number of β-amino-alcohol motifs (C(OH)–C–C–N with tert-alkyl or cyclic N) is 1. The predicted molar refractivity (Wildman–Crippen MR) is 136 cm³/mol. The van der Waals surface area contributed by atoms with E-state index in [4.69, 9.17) is 10.2 Å². The molecule has 2 amide bonds. The fourth-order valence-corrected chi connectivity index (χ4v) is 8.10. The van der Waals surface area contributed by atoms with Crippen molar-refractivity contribution in [1.29, 1.82) is 0 Å². The number of amides is 2. The van der Waals surface area contributed by atoms with Gasteiger partial charge in [-0.15, -0.1) is 0 Å². The largest absolute Gasteiger partial charge is 0.395 e. The van der Waals surface area contributed by atoms with Crippen molar-refractivity contribution < 1.29 is 19.8 Å². The first-order valence-corrected chi connectivity index (χ1v) is 13.6. The lowest BCUT2D eigenvalue weighted by molar-refractivity contribution is -0.148. The average molecular weight is 510 g/mol. The monoisotopic (exact) mass is 509 g/mol. The van der Waals surface area contributed by atoms with Crippen molar-refractivity contribution in [2.24, 2.45) is 17.8 Å². The number of hydrogen-bond acceptors (Lipinski definition) is 7. The molecule has 198 valence electrons. The van der Waals surface area contributed by atoms with Gasteiger partial charge in [-0.25, -0.2) is 0 Å². The zero-order valence-electron chi connectivity index (χ0n) is 20.9. The number of hydrogen-bond donors (Lipinski definition) is 5. The first-order chi connectivity index (χ1) is 17.9. The minimum Gasteiger partial charge on any atom is -0.395 e. The second-order valence-corrected chi connectivity index (χ2v) is 11.7. The van der Waals surface area contributed by atoms with Crippen LogP contribution >= 0.6 is 0 Å². The van der Waals surface area contributed by atoms with Gasteiger partial charge < -0.3 is 30.7 Å². The molecule has 4 aliphatic carbocycles. The number of anilines is 2. The van der Waals surface area contributed by atoms with Gasteiger partial charge in [-0.1, -0.05) is 0 Å².